The molecule has 0 amide bonds. The standard InChI is InChI=1S/C21H25ClN6.HI/c1-2-23-21(24-11-9-17-7-8-20(22)25-14-17)26-15-18-5-3-6-19(13-18)16-28-12-4-10-27-28;/h3-8,10,12-14H,2,9,11,15-16H2,1H3,(H2,23,24,26);1H. The summed E-state index contributed by atoms with van der Waals surface area (Å²) in [5.41, 5.74) is 3.52. The molecule has 0 spiro atoms. The number of aliphatic imine (C=N–C) groups is 1. The van der Waals surface area contributed by atoms with Gasteiger partial charge in [0.1, 0.15) is 5.15 Å². The molecule has 0 bridgehead atoms. The molecule has 0 saturated heterocycles. The molecule has 8 heteroatoms. The van der Waals surface area contributed by atoms with Crippen molar-refractivity contribution >= 4 is 41.5 Å². The van der Waals surface area contributed by atoms with Gasteiger partial charge in [0, 0.05) is 31.7 Å². The molecule has 0 aliphatic heterocycles. The van der Waals surface area contributed by atoms with Gasteiger partial charge in [-0.3, -0.25) is 4.68 Å². The lowest BCUT2D eigenvalue weighted by atomic mass is 10.1. The summed E-state index contributed by atoms with van der Waals surface area (Å²) in [6, 6.07) is 14.2. The normalized spacial score (nSPS) is 11.0. The predicted molar refractivity (Wildman–Crippen MR) is 129 cm³/mol. The Bertz CT molecular complexity index is 880. The van der Waals surface area contributed by atoms with Gasteiger partial charge in [-0.05, 0) is 42.2 Å². The minimum Gasteiger partial charge on any atom is -0.357 e. The first-order valence-corrected chi connectivity index (χ1v) is 9.78. The Balaban J connectivity index is 0.00000300. The molecular formula is C21H26ClIN6. The summed E-state index contributed by atoms with van der Waals surface area (Å²) in [5, 5.41) is 11.4. The van der Waals surface area contributed by atoms with Crippen molar-refractivity contribution in [2.75, 3.05) is 13.1 Å². The van der Waals surface area contributed by atoms with Crippen LogP contribution in [-0.4, -0.2) is 33.8 Å². The molecule has 0 aliphatic carbocycles. The van der Waals surface area contributed by atoms with Crippen LogP contribution in [0, 0.1) is 0 Å². The van der Waals surface area contributed by atoms with E-state index in [1.54, 1.807) is 12.4 Å². The van der Waals surface area contributed by atoms with Gasteiger partial charge < -0.3 is 10.6 Å². The van der Waals surface area contributed by atoms with Crippen molar-refractivity contribution in [1.29, 1.82) is 0 Å². The summed E-state index contributed by atoms with van der Waals surface area (Å²) in [5.74, 6) is 0.807. The largest absolute Gasteiger partial charge is 0.357 e. The second-order valence-corrected chi connectivity index (χ2v) is 6.77. The highest BCUT2D eigenvalue weighted by Gasteiger charge is 2.01. The van der Waals surface area contributed by atoms with Crippen molar-refractivity contribution in [2.45, 2.75) is 26.4 Å². The summed E-state index contributed by atoms with van der Waals surface area (Å²) in [6.07, 6.45) is 6.42. The molecule has 154 valence electrons. The Labute approximate surface area is 193 Å². The Hall–Kier alpha value is -2.13. The quantitative estimate of drug-likeness (QED) is 0.203. The highest BCUT2D eigenvalue weighted by Crippen LogP contribution is 2.08. The number of aromatic nitrogens is 3. The van der Waals surface area contributed by atoms with E-state index in [4.69, 9.17) is 16.6 Å². The van der Waals surface area contributed by atoms with E-state index in [-0.39, 0.29) is 24.0 Å². The highest BCUT2D eigenvalue weighted by molar-refractivity contribution is 14.0. The number of pyridine rings is 1. The van der Waals surface area contributed by atoms with E-state index in [1.807, 2.05) is 29.1 Å². The summed E-state index contributed by atoms with van der Waals surface area (Å²) in [6.45, 7) is 5.02. The predicted octanol–water partition coefficient (Wildman–Crippen LogP) is 3.90. The van der Waals surface area contributed by atoms with Crippen molar-refractivity contribution in [1.82, 2.24) is 25.4 Å². The molecule has 3 rings (SSSR count). The fourth-order valence-corrected chi connectivity index (χ4v) is 2.91. The second kappa shape index (κ2) is 12.4. The lowest BCUT2D eigenvalue weighted by Crippen LogP contribution is -2.38. The molecule has 3 aromatic rings. The molecule has 6 nitrogen and oxygen atoms in total. The van der Waals surface area contributed by atoms with E-state index in [0.29, 0.717) is 11.7 Å². The van der Waals surface area contributed by atoms with Crippen LogP contribution in [0.3, 0.4) is 0 Å². The number of hydrogen-bond donors (Lipinski definition) is 2. The fraction of sp³-hybridized carbons (Fsp3) is 0.286. The third kappa shape index (κ3) is 8.02. The number of hydrogen-bond acceptors (Lipinski definition) is 3. The molecule has 0 atom stereocenters. The van der Waals surface area contributed by atoms with Gasteiger partial charge in [0.2, 0.25) is 0 Å². The Morgan fingerprint density at radius 3 is 2.69 bits per heavy atom. The smallest absolute Gasteiger partial charge is 0.191 e. The first-order valence-electron chi connectivity index (χ1n) is 9.41. The van der Waals surface area contributed by atoms with Crippen LogP contribution in [0.2, 0.25) is 5.15 Å². The van der Waals surface area contributed by atoms with Gasteiger partial charge in [-0.2, -0.15) is 5.10 Å². The molecule has 0 saturated carbocycles. The Kier molecular flexibility index (Phi) is 9.93. The van der Waals surface area contributed by atoms with Crippen LogP contribution in [-0.2, 0) is 19.5 Å². The second-order valence-electron chi connectivity index (χ2n) is 6.38. The number of guanidine groups is 1. The van der Waals surface area contributed by atoms with Crippen LogP contribution in [0.5, 0.6) is 0 Å². The molecule has 2 aromatic heterocycles. The van der Waals surface area contributed by atoms with Gasteiger partial charge in [0.25, 0.3) is 0 Å². The first kappa shape index (κ1) is 23.2. The van der Waals surface area contributed by atoms with Crippen LogP contribution in [0.15, 0.2) is 66.0 Å². The zero-order valence-electron chi connectivity index (χ0n) is 16.4. The van der Waals surface area contributed by atoms with Gasteiger partial charge in [-0.15, -0.1) is 24.0 Å². The van der Waals surface area contributed by atoms with Crippen LogP contribution < -0.4 is 10.6 Å². The van der Waals surface area contributed by atoms with Crippen LogP contribution in [0.25, 0.3) is 0 Å². The zero-order valence-corrected chi connectivity index (χ0v) is 19.5. The Morgan fingerprint density at radius 1 is 1.10 bits per heavy atom. The minimum absolute atomic E-state index is 0. The average molecular weight is 525 g/mol. The first-order chi connectivity index (χ1) is 13.7. The van der Waals surface area contributed by atoms with Crippen molar-refractivity contribution in [3.8, 4) is 0 Å². The number of rotatable bonds is 8. The molecular weight excluding hydrogens is 499 g/mol. The van der Waals surface area contributed by atoms with Crippen molar-refractivity contribution in [3.63, 3.8) is 0 Å². The molecule has 0 radical (unpaired) electrons. The van der Waals surface area contributed by atoms with Crippen LogP contribution in [0.1, 0.15) is 23.6 Å². The lowest BCUT2D eigenvalue weighted by molar-refractivity contribution is 0.686. The van der Waals surface area contributed by atoms with E-state index in [0.717, 1.165) is 37.6 Å². The summed E-state index contributed by atoms with van der Waals surface area (Å²) >= 11 is 5.83. The summed E-state index contributed by atoms with van der Waals surface area (Å²) in [7, 11) is 0. The van der Waals surface area contributed by atoms with Crippen LogP contribution >= 0.6 is 35.6 Å². The van der Waals surface area contributed by atoms with Crippen molar-refractivity contribution in [3.05, 3.63) is 82.9 Å². The maximum absolute atomic E-state index is 5.83. The Morgan fingerprint density at radius 2 is 1.97 bits per heavy atom. The molecule has 29 heavy (non-hydrogen) atoms. The maximum atomic E-state index is 5.83. The maximum Gasteiger partial charge on any atom is 0.191 e. The monoisotopic (exact) mass is 524 g/mol. The average Bonchev–Trinajstić information content (AvgIpc) is 3.21. The van der Waals surface area contributed by atoms with Gasteiger partial charge in [0.05, 0.1) is 13.1 Å². The summed E-state index contributed by atoms with van der Waals surface area (Å²) in [4.78, 5) is 8.81. The highest BCUT2D eigenvalue weighted by atomic mass is 127. The zero-order chi connectivity index (χ0) is 19.6. The van der Waals surface area contributed by atoms with Crippen molar-refractivity contribution in [2.24, 2.45) is 4.99 Å². The SMILES string of the molecule is CCNC(=NCc1cccc(Cn2cccn2)c1)NCCc1ccc(Cl)nc1.I. The summed E-state index contributed by atoms with van der Waals surface area (Å²) < 4.78 is 1.92. The number of nitrogens with one attached hydrogen (secondary N) is 2. The van der Waals surface area contributed by atoms with Crippen molar-refractivity contribution < 1.29 is 0 Å². The molecule has 1 aromatic carbocycles. The van der Waals surface area contributed by atoms with E-state index in [2.05, 4.69) is 51.9 Å². The number of nitrogens with zero attached hydrogens (tertiary/aromatic N) is 4. The molecule has 2 heterocycles. The molecule has 0 unspecified atom stereocenters. The van der Waals surface area contributed by atoms with Gasteiger partial charge in [-0.25, -0.2) is 9.98 Å². The third-order valence-corrected chi connectivity index (χ3v) is 4.38. The van der Waals surface area contributed by atoms with Gasteiger partial charge >= 0.3 is 0 Å². The van der Waals surface area contributed by atoms with E-state index in [1.165, 1.54) is 11.1 Å². The van der Waals surface area contributed by atoms with E-state index < -0.39 is 0 Å². The topological polar surface area (TPSA) is 67.1 Å². The molecule has 0 fully saturated rings. The van der Waals surface area contributed by atoms with Crippen LogP contribution in [0.4, 0.5) is 0 Å². The third-order valence-electron chi connectivity index (χ3n) is 4.15. The minimum atomic E-state index is 0. The number of halogens is 2. The van der Waals surface area contributed by atoms with Gasteiger partial charge in [0.15, 0.2) is 5.96 Å². The van der Waals surface area contributed by atoms with E-state index in [9.17, 15) is 0 Å². The van der Waals surface area contributed by atoms with E-state index >= 15 is 0 Å². The van der Waals surface area contributed by atoms with Gasteiger partial charge in [-0.1, -0.05) is 41.9 Å². The lowest BCUT2D eigenvalue weighted by Gasteiger charge is -2.11. The molecule has 0 aliphatic rings. The molecule has 2 N–H and O–H groups in total. The number of benzene rings is 1. The fourth-order valence-electron chi connectivity index (χ4n) is 2.80.